The third-order valence-electron chi connectivity index (χ3n) is 4.15. The lowest BCUT2D eigenvalue weighted by molar-refractivity contribution is 0.0925. The Bertz CT molecular complexity index is 872. The zero-order chi connectivity index (χ0) is 18.7. The lowest BCUT2D eigenvalue weighted by Gasteiger charge is -2.09. The molecule has 1 aromatic heterocycles. The molecule has 0 aliphatic heterocycles. The molecule has 2 N–H and O–H groups in total. The minimum atomic E-state index is -0.786. The van der Waals surface area contributed by atoms with Gasteiger partial charge in [-0.3, -0.25) is 14.9 Å². The smallest absolute Gasteiger partial charge is 0.414 e. The molecule has 1 heterocycles. The van der Waals surface area contributed by atoms with Crippen molar-refractivity contribution in [1.29, 1.82) is 0 Å². The molecule has 3 amide bonds. The second-order valence-corrected chi connectivity index (χ2v) is 7.16. The first-order chi connectivity index (χ1) is 12.5. The molecule has 0 unspecified atom stereocenters. The Morgan fingerprint density at radius 3 is 2.73 bits per heavy atom. The van der Waals surface area contributed by atoms with Gasteiger partial charge in [0.1, 0.15) is 5.00 Å². The van der Waals surface area contributed by atoms with Gasteiger partial charge in [0.15, 0.2) is 0 Å². The van der Waals surface area contributed by atoms with E-state index in [1.54, 1.807) is 19.1 Å². The van der Waals surface area contributed by atoms with Crippen molar-refractivity contribution in [3.8, 4) is 0 Å². The molecule has 0 radical (unpaired) electrons. The molecule has 136 valence electrons. The van der Waals surface area contributed by atoms with Crippen LogP contribution in [0, 0.1) is 6.92 Å². The fourth-order valence-corrected chi connectivity index (χ4v) is 4.30. The second kappa shape index (κ2) is 7.70. The number of alkyl carbamates (subject to hydrolysis) is 1. The van der Waals surface area contributed by atoms with Gasteiger partial charge in [-0.15, -0.1) is 11.3 Å². The van der Waals surface area contributed by atoms with E-state index in [1.807, 2.05) is 19.1 Å². The van der Waals surface area contributed by atoms with Crippen LogP contribution in [0.15, 0.2) is 24.3 Å². The van der Waals surface area contributed by atoms with Crippen LogP contribution in [-0.2, 0) is 17.6 Å². The predicted octanol–water partition coefficient (Wildman–Crippen LogP) is 3.68. The van der Waals surface area contributed by atoms with Crippen LogP contribution in [0.2, 0.25) is 0 Å². The number of thiophene rings is 1. The number of fused-ring (bicyclic) bond motifs is 1. The Labute approximate surface area is 155 Å². The highest BCUT2D eigenvalue weighted by Gasteiger charge is 2.28. The summed E-state index contributed by atoms with van der Waals surface area (Å²) in [6, 6.07) is 7.23. The monoisotopic (exact) mass is 372 g/mol. The zero-order valence-corrected chi connectivity index (χ0v) is 15.5. The molecule has 26 heavy (non-hydrogen) atoms. The maximum absolute atomic E-state index is 12.6. The standard InChI is InChI=1S/C19H20N2O4S/c1-3-25-19(24)21-17(23)15-13-8-5-9-14(13)26-18(15)20-16(22)12-7-4-6-11(2)10-12/h4,6-7,10H,3,5,8-9H2,1-2H3,(H,20,22)(H,21,23,24). The van der Waals surface area contributed by atoms with Gasteiger partial charge in [0.25, 0.3) is 11.8 Å². The highest BCUT2D eigenvalue weighted by Crippen LogP contribution is 2.39. The van der Waals surface area contributed by atoms with Gasteiger partial charge in [-0.1, -0.05) is 17.7 Å². The van der Waals surface area contributed by atoms with Crippen molar-refractivity contribution in [1.82, 2.24) is 5.32 Å². The third-order valence-corrected chi connectivity index (χ3v) is 5.35. The van der Waals surface area contributed by atoms with E-state index in [9.17, 15) is 14.4 Å². The van der Waals surface area contributed by atoms with E-state index in [1.165, 1.54) is 11.3 Å². The number of ether oxygens (including phenoxy) is 1. The van der Waals surface area contributed by atoms with Gasteiger partial charge in [0.2, 0.25) is 0 Å². The van der Waals surface area contributed by atoms with Gasteiger partial charge in [-0.25, -0.2) is 4.79 Å². The van der Waals surface area contributed by atoms with Crippen LogP contribution in [0.4, 0.5) is 9.80 Å². The Morgan fingerprint density at radius 1 is 1.19 bits per heavy atom. The summed E-state index contributed by atoms with van der Waals surface area (Å²) in [7, 11) is 0. The number of anilines is 1. The summed E-state index contributed by atoms with van der Waals surface area (Å²) in [5, 5.41) is 5.54. The van der Waals surface area contributed by atoms with Crippen molar-refractivity contribution in [2.75, 3.05) is 11.9 Å². The van der Waals surface area contributed by atoms with E-state index in [4.69, 9.17) is 4.74 Å². The van der Waals surface area contributed by atoms with Crippen molar-refractivity contribution in [3.63, 3.8) is 0 Å². The largest absolute Gasteiger partial charge is 0.450 e. The SMILES string of the molecule is CCOC(=O)NC(=O)c1c(NC(=O)c2cccc(C)c2)sc2c1CCC2. The molecular formula is C19H20N2O4S. The zero-order valence-electron chi connectivity index (χ0n) is 14.7. The Kier molecular flexibility index (Phi) is 5.37. The van der Waals surface area contributed by atoms with Crippen molar-refractivity contribution < 1.29 is 19.1 Å². The maximum atomic E-state index is 12.6. The molecule has 0 saturated heterocycles. The van der Waals surface area contributed by atoms with E-state index in [-0.39, 0.29) is 12.5 Å². The van der Waals surface area contributed by atoms with Crippen LogP contribution in [-0.4, -0.2) is 24.5 Å². The number of rotatable bonds is 4. The topological polar surface area (TPSA) is 84.5 Å². The summed E-state index contributed by atoms with van der Waals surface area (Å²) in [5.74, 6) is -0.818. The van der Waals surface area contributed by atoms with Crippen LogP contribution in [0.5, 0.6) is 0 Å². The fraction of sp³-hybridized carbons (Fsp3) is 0.316. The number of imide groups is 1. The summed E-state index contributed by atoms with van der Waals surface area (Å²) >= 11 is 1.40. The van der Waals surface area contributed by atoms with Crippen molar-refractivity contribution in [2.24, 2.45) is 0 Å². The molecule has 0 spiro atoms. The Hall–Kier alpha value is -2.67. The quantitative estimate of drug-likeness (QED) is 0.857. The van der Waals surface area contributed by atoms with Crippen molar-refractivity contribution in [3.05, 3.63) is 51.4 Å². The fourth-order valence-electron chi connectivity index (χ4n) is 3.02. The molecule has 0 fully saturated rings. The van der Waals surface area contributed by atoms with Crippen LogP contribution in [0.1, 0.15) is 50.1 Å². The van der Waals surface area contributed by atoms with Gasteiger partial charge in [-0.05, 0) is 50.8 Å². The molecule has 0 atom stereocenters. The molecule has 0 bridgehead atoms. The number of carbonyl (C=O) groups excluding carboxylic acids is 3. The Morgan fingerprint density at radius 2 is 2.00 bits per heavy atom. The molecule has 1 aromatic carbocycles. The van der Waals surface area contributed by atoms with Gasteiger partial charge in [0, 0.05) is 10.4 Å². The van der Waals surface area contributed by atoms with Gasteiger partial charge in [-0.2, -0.15) is 0 Å². The lowest BCUT2D eigenvalue weighted by Crippen LogP contribution is -2.32. The molecule has 1 aliphatic rings. The molecule has 0 saturated carbocycles. The first-order valence-electron chi connectivity index (χ1n) is 8.50. The van der Waals surface area contributed by atoms with Gasteiger partial charge >= 0.3 is 6.09 Å². The summed E-state index contributed by atoms with van der Waals surface area (Å²) in [6.07, 6.45) is 1.82. The average molecular weight is 372 g/mol. The minimum absolute atomic E-state index is 0.178. The average Bonchev–Trinajstić information content (AvgIpc) is 3.15. The van der Waals surface area contributed by atoms with Crippen molar-refractivity contribution in [2.45, 2.75) is 33.1 Å². The predicted molar refractivity (Wildman–Crippen MR) is 100.0 cm³/mol. The molecular weight excluding hydrogens is 352 g/mol. The highest BCUT2D eigenvalue weighted by atomic mass is 32.1. The van der Waals surface area contributed by atoms with Crippen LogP contribution < -0.4 is 10.6 Å². The van der Waals surface area contributed by atoms with Gasteiger partial charge in [0.05, 0.1) is 12.2 Å². The van der Waals surface area contributed by atoms with Crippen LogP contribution >= 0.6 is 11.3 Å². The van der Waals surface area contributed by atoms with Crippen LogP contribution in [0.3, 0.4) is 0 Å². The van der Waals surface area contributed by atoms with E-state index in [0.29, 0.717) is 16.1 Å². The number of carbonyl (C=O) groups is 3. The summed E-state index contributed by atoms with van der Waals surface area (Å²) < 4.78 is 4.78. The molecule has 2 aromatic rings. The van der Waals surface area contributed by atoms with Crippen molar-refractivity contribution >= 4 is 34.2 Å². The number of amides is 3. The number of hydrogen-bond acceptors (Lipinski definition) is 5. The number of benzene rings is 1. The van der Waals surface area contributed by atoms with E-state index in [2.05, 4.69) is 10.6 Å². The third kappa shape index (κ3) is 3.77. The molecule has 1 aliphatic carbocycles. The van der Waals surface area contributed by atoms with Gasteiger partial charge < -0.3 is 10.1 Å². The minimum Gasteiger partial charge on any atom is -0.450 e. The molecule has 7 heteroatoms. The normalized spacial score (nSPS) is 12.4. The second-order valence-electron chi connectivity index (χ2n) is 6.06. The first-order valence-corrected chi connectivity index (χ1v) is 9.32. The molecule has 3 rings (SSSR count). The number of nitrogens with one attached hydrogen (secondary N) is 2. The Balaban J connectivity index is 1.87. The van der Waals surface area contributed by atoms with E-state index < -0.39 is 12.0 Å². The summed E-state index contributed by atoms with van der Waals surface area (Å²) in [4.78, 5) is 37.8. The first kappa shape index (κ1) is 18.1. The maximum Gasteiger partial charge on any atom is 0.414 e. The highest BCUT2D eigenvalue weighted by molar-refractivity contribution is 7.17. The summed E-state index contributed by atoms with van der Waals surface area (Å²) in [6.45, 7) is 3.76. The van der Waals surface area contributed by atoms with E-state index in [0.717, 1.165) is 35.3 Å². The van der Waals surface area contributed by atoms with Crippen LogP contribution in [0.25, 0.3) is 0 Å². The summed E-state index contributed by atoms with van der Waals surface area (Å²) in [5.41, 5.74) is 2.79. The van der Waals surface area contributed by atoms with E-state index >= 15 is 0 Å². The molecule has 6 nitrogen and oxygen atoms in total. The number of aryl methyl sites for hydroxylation is 2. The number of hydrogen-bond donors (Lipinski definition) is 2. The lowest BCUT2D eigenvalue weighted by atomic mass is 10.1.